The Hall–Kier alpha value is -1.40. The molecule has 0 bridgehead atoms. The van der Waals surface area contributed by atoms with E-state index in [-0.39, 0.29) is 0 Å². The van der Waals surface area contributed by atoms with Gasteiger partial charge in [0.25, 0.3) is 0 Å². The monoisotopic (exact) mass is 280 g/mol. The molecular formula is C12H16N4S2. The second-order valence-corrected chi connectivity index (χ2v) is 6.44. The predicted octanol–water partition coefficient (Wildman–Crippen LogP) is 1.99. The second kappa shape index (κ2) is 5.97. The van der Waals surface area contributed by atoms with E-state index >= 15 is 0 Å². The molecule has 2 aromatic heterocycles. The quantitative estimate of drug-likeness (QED) is 0.646. The lowest BCUT2D eigenvalue weighted by Gasteiger charge is -2.19. The molecule has 6 heteroatoms. The van der Waals surface area contributed by atoms with E-state index in [1.54, 1.807) is 12.4 Å². The summed E-state index contributed by atoms with van der Waals surface area (Å²) in [6.07, 6.45) is 3.36. The largest absolute Gasteiger partial charge is 0.397 e. The molecule has 0 aliphatic carbocycles. The minimum Gasteiger partial charge on any atom is -0.397 e. The molecule has 2 aromatic rings. The van der Waals surface area contributed by atoms with Crippen LogP contribution in [0.2, 0.25) is 0 Å². The standard InChI is InChI=1S/C12H16N4S2/c13-9-1-3-11(15-7-9)18(6-5-17)12-4-2-10(14)8-16-12/h1-4,7-8,17-18H,5-6,13-14H2. The van der Waals surface area contributed by atoms with Crippen molar-refractivity contribution in [1.82, 2.24) is 9.97 Å². The minimum atomic E-state index is -0.585. The normalized spacial score (nSPS) is 11.3. The molecule has 0 saturated carbocycles. The predicted molar refractivity (Wildman–Crippen MR) is 81.5 cm³/mol. The molecule has 2 rings (SSSR count). The summed E-state index contributed by atoms with van der Waals surface area (Å²) in [6.45, 7) is 0. The maximum Gasteiger partial charge on any atom is 0.0818 e. The van der Waals surface area contributed by atoms with Crippen LogP contribution in [-0.4, -0.2) is 21.5 Å². The van der Waals surface area contributed by atoms with Crippen LogP contribution in [0.15, 0.2) is 46.7 Å². The Morgan fingerprint density at radius 3 is 1.78 bits per heavy atom. The average Bonchev–Trinajstić information content (AvgIpc) is 2.39. The molecule has 96 valence electrons. The van der Waals surface area contributed by atoms with E-state index in [2.05, 4.69) is 22.6 Å². The third kappa shape index (κ3) is 3.08. The van der Waals surface area contributed by atoms with Crippen molar-refractivity contribution in [1.29, 1.82) is 0 Å². The summed E-state index contributed by atoms with van der Waals surface area (Å²) < 4.78 is 0. The molecule has 0 amide bonds. The minimum absolute atomic E-state index is 0.585. The highest BCUT2D eigenvalue weighted by molar-refractivity contribution is 8.17. The number of nitrogens with zero attached hydrogens (tertiary/aromatic N) is 2. The number of thiol groups is 2. The molecule has 0 spiro atoms. The first-order valence-corrected chi connectivity index (χ1v) is 7.68. The van der Waals surface area contributed by atoms with Crippen LogP contribution in [0.3, 0.4) is 0 Å². The van der Waals surface area contributed by atoms with Crippen molar-refractivity contribution in [2.45, 2.75) is 10.1 Å². The fraction of sp³-hybridized carbons (Fsp3) is 0.167. The molecule has 0 unspecified atom stereocenters. The Morgan fingerprint density at radius 1 is 0.944 bits per heavy atom. The fourth-order valence-corrected chi connectivity index (χ4v) is 3.96. The summed E-state index contributed by atoms with van der Waals surface area (Å²) in [6, 6.07) is 7.66. The van der Waals surface area contributed by atoms with Gasteiger partial charge in [-0.2, -0.15) is 23.5 Å². The van der Waals surface area contributed by atoms with Gasteiger partial charge in [-0.25, -0.2) is 9.97 Å². The molecule has 2 heterocycles. The maximum absolute atomic E-state index is 5.66. The molecule has 4 nitrogen and oxygen atoms in total. The van der Waals surface area contributed by atoms with Crippen molar-refractivity contribution in [2.24, 2.45) is 0 Å². The van der Waals surface area contributed by atoms with E-state index in [0.29, 0.717) is 11.4 Å². The number of anilines is 2. The molecule has 0 aromatic carbocycles. The van der Waals surface area contributed by atoms with Gasteiger partial charge in [0.05, 0.1) is 33.8 Å². The zero-order valence-electron chi connectivity index (χ0n) is 9.82. The Morgan fingerprint density at radius 2 is 1.44 bits per heavy atom. The summed E-state index contributed by atoms with van der Waals surface area (Å²) >= 11 is 4.31. The second-order valence-electron chi connectivity index (χ2n) is 3.77. The van der Waals surface area contributed by atoms with Gasteiger partial charge >= 0.3 is 0 Å². The summed E-state index contributed by atoms with van der Waals surface area (Å²) in [7, 11) is -0.585. The summed E-state index contributed by atoms with van der Waals surface area (Å²) in [5.41, 5.74) is 12.7. The fourth-order valence-electron chi connectivity index (χ4n) is 1.56. The topological polar surface area (TPSA) is 77.8 Å². The van der Waals surface area contributed by atoms with Crippen LogP contribution in [-0.2, 0) is 0 Å². The Balaban J connectivity index is 2.33. The molecule has 0 fully saturated rings. The third-order valence-corrected chi connectivity index (χ3v) is 5.30. The lowest BCUT2D eigenvalue weighted by molar-refractivity contribution is 1.08. The average molecular weight is 280 g/mol. The van der Waals surface area contributed by atoms with Gasteiger partial charge in [0.15, 0.2) is 0 Å². The molecule has 0 saturated heterocycles. The number of aromatic nitrogens is 2. The van der Waals surface area contributed by atoms with E-state index < -0.39 is 10.9 Å². The van der Waals surface area contributed by atoms with Gasteiger partial charge in [-0.1, -0.05) is 0 Å². The van der Waals surface area contributed by atoms with Crippen LogP contribution >= 0.6 is 23.5 Å². The number of pyridine rings is 2. The highest BCUT2D eigenvalue weighted by Crippen LogP contribution is 2.42. The van der Waals surface area contributed by atoms with Crippen LogP contribution in [0.5, 0.6) is 0 Å². The van der Waals surface area contributed by atoms with Crippen LogP contribution < -0.4 is 11.5 Å². The highest BCUT2D eigenvalue weighted by atomic mass is 32.2. The van der Waals surface area contributed by atoms with Crippen LogP contribution in [0.1, 0.15) is 0 Å². The van der Waals surface area contributed by atoms with Gasteiger partial charge in [0, 0.05) is 0 Å². The molecule has 0 aliphatic heterocycles. The lowest BCUT2D eigenvalue weighted by atomic mass is 10.4. The van der Waals surface area contributed by atoms with Crippen molar-refractivity contribution in [2.75, 3.05) is 23.0 Å². The maximum atomic E-state index is 5.66. The molecule has 18 heavy (non-hydrogen) atoms. The van der Waals surface area contributed by atoms with Gasteiger partial charge in [0.1, 0.15) is 0 Å². The van der Waals surface area contributed by atoms with Gasteiger partial charge in [-0.3, -0.25) is 0 Å². The molecule has 0 atom stereocenters. The Bertz CT molecular complexity index is 453. The summed E-state index contributed by atoms with van der Waals surface area (Å²) in [5.74, 6) is 1.73. The van der Waals surface area contributed by atoms with Crippen LogP contribution in [0.25, 0.3) is 0 Å². The highest BCUT2D eigenvalue weighted by Gasteiger charge is 2.11. The Labute approximate surface area is 115 Å². The number of nitrogens with two attached hydrogens (primary N) is 2. The van der Waals surface area contributed by atoms with E-state index in [1.807, 2.05) is 24.3 Å². The third-order valence-electron chi connectivity index (χ3n) is 2.42. The van der Waals surface area contributed by atoms with Gasteiger partial charge in [-0.15, -0.1) is 0 Å². The van der Waals surface area contributed by atoms with Crippen LogP contribution in [0.4, 0.5) is 11.4 Å². The number of rotatable bonds is 4. The molecular weight excluding hydrogens is 264 g/mol. The van der Waals surface area contributed by atoms with E-state index in [1.165, 1.54) is 0 Å². The van der Waals surface area contributed by atoms with Crippen molar-refractivity contribution < 1.29 is 0 Å². The molecule has 0 radical (unpaired) electrons. The van der Waals surface area contributed by atoms with Gasteiger partial charge < -0.3 is 11.5 Å². The SMILES string of the molecule is Nc1ccc([SH](CCS)c2ccc(N)cn2)nc1. The van der Waals surface area contributed by atoms with Crippen molar-refractivity contribution >= 4 is 34.9 Å². The smallest absolute Gasteiger partial charge is 0.0818 e. The van der Waals surface area contributed by atoms with E-state index in [0.717, 1.165) is 21.6 Å². The first kappa shape index (κ1) is 13.0. The zero-order chi connectivity index (χ0) is 13.0. The first-order chi connectivity index (χ1) is 8.70. The molecule has 4 N–H and O–H groups in total. The first-order valence-electron chi connectivity index (χ1n) is 5.52. The summed E-state index contributed by atoms with van der Waals surface area (Å²) in [4.78, 5) is 8.79. The number of hydrogen-bond acceptors (Lipinski definition) is 5. The van der Waals surface area contributed by atoms with Gasteiger partial charge in [0.2, 0.25) is 0 Å². The van der Waals surface area contributed by atoms with E-state index in [4.69, 9.17) is 11.5 Å². The van der Waals surface area contributed by atoms with Crippen molar-refractivity contribution in [3.8, 4) is 0 Å². The zero-order valence-corrected chi connectivity index (χ0v) is 11.6. The number of nitrogen functional groups attached to an aromatic ring is 2. The van der Waals surface area contributed by atoms with Crippen molar-refractivity contribution in [3.05, 3.63) is 36.7 Å². The Kier molecular flexibility index (Phi) is 4.33. The number of hydrogen-bond donors (Lipinski definition) is 4. The van der Waals surface area contributed by atoms with Crippen LogP contribution in [0, 0.1) is 0 Å². The lowest BCUT2D eigenvalue weighted by Crippen LogP contribution is -1.99. The van der Waals surface area contributed by atoms with Crippen molar-refractivity contribution in [3.63, 3.8) is 0 Å². The van der Waals surface area contributed by atoms with E-state index in [9.17, 15) is 0 Å². The summed E-state index contributed by atoms with van der Waals surface area (Å²) in [5, 5.41) is 2.04. The van der Waals surface area contributed by atoms with Gasteiger partial charge in [-0.05, 0) is 35.8 Å². The molecule has 0 aliphatic rings.